The van der Waals surface area contributed by atoms with Gasteiger partial charge in [-0.15, -0.1) is 0 Å². The Bertz CT molecular complexity index is 836. The molecule has 0 radical (unpaired) electrons. The molecule has 2 unspecified atom stereocenters. The van der Waals surface area contributed by atoms with Crippen LogP contribution in [-0.2, 0) is 11.3 Å². The van der Waals surface area contributed by atoms with Crippen molar-refractivity contribution in [2.24, 2.45) is 5.92 Å². The third kappa shape index (κ3) is 4.60. The maximum Gasteiger partial charge on any atom is 0.272 e. The van der Waals surface area contributed by atoms with Crippen LogP contribution in [0.1, 0.15) is 30.5 Å². The molecule has 1 aliphatic rings. The highest BCUT2D eigenvalue weighted by molar-refractivity contribution is 5.82. The molecule has 1 heterocycles. The first-order valence-electron chi connectivity index (χ1n) is 9.45. The van der Waals surface area contributed by atoms with Crippen molar-refractivity contribution in [3.63, 3.8) is 0 Å². The first kappa shape index (κ1) is 20.9. The summed E-state index contributed by atoms with van der Waals surface area (Å²) < 4.78 is 41.0. The minimum atomic E-state index is -2.54. The van der Waals surface area contributed by atoms with E-state index in [0.717, 1.165) is 11.1 Å². The Kier molecular flexibility index (Phi) is 6.56. The molecule has 0 aromatic heterocycles. The molecule has 3 rings (SSSR count). The molecular formula is C22H25F2NO4. The fraction of sp³-hybridized carbons (Fsp3) is 0.409. The predicted molar refractivity (Wildman–Crippen MR) is 105 cm³/mol. The summed E-state index contributed by atoms with van der Waals surface area (Å²) in [5.41, 5.74) is 1.64. The smallest absolute Gasteiger partial charge is 0.272 e. The summed E-state index contributed by atoms with van der Waals surface area (Å²) in [6, 6.07) is 12.2. The van der Waals surface area contributed by atoms with E-state index in [4.69, 9.17) is 14.2 Å². The first-order valence-corrected chi connectivity index (χ1v) is 9.45. The number of hydrogen-bond acceptors (Lipinski definition) is 4. The average molecular weight is 405 g/mol. The van der Waals surface area contributed by atoms with Gasteiger partial charge >= 0.3 is 0 Å². The van der Waals surface area contributed by atoms with Gasteiger partial charge < -0.3 is 19.1 Å². The molecule has 1 fully saturated rings. The SMILES string of the molecule is COc1cccc(OC)c1C1CC(C)C(=O)N1Cc1cccc(OCC(F)F)c1. The van der Waals surface area contributed by atoms with Crippen molar-refractivity contribution in [3.05, 3.63) is 53.6 Å². The van der Waals surface area contributed by atoms with Gasteiger partial charge in [-0.3, -0.25) is 4.79 Å². The third-order valence-corrected chi connectivity index (χ3v) is 5.08. The lowest BCUT2D eigenvalue weighted by Gasteiger charge is -2.28. The van der Waals surface area contributed by atoms with Crippen LogP contribution in [0.5, 0.6) is 17.2 Å². The van der Waals surface area contributed by atoms with Gasteiger partial charge in [0.25, 0.3) is 6.43 Å². The van der Waals surface area contributed by atoms with E-state index in [0.29, 0.717) is 30.2 Å². The van der Waals surface area contributed by atoms with Gasteiger partial charge in [0.15, 0.2) is 0 Å². The zero-order valence-electron chi connectivity index (χ0n) is 16.7. The molecule has 2 aromatic carbocycles. The lowest BCUT2D eigenvalue weighted by Crippen LogP contribution is -2.29. The Morgan fingerprint density at radius 1 is 1.10 bits per heavy atom. The van der Waals surface area contributed by atoms with E-state index >= 15 is 0 Å². The molecule has 29 heavy (non-hydrogen) atoms. The van der Waals surface area contributed by atoms with E-state index < -0.39 is 13.0 Å². The number of rotatable bonds is 8. The number of halogens is 2. The molecule has 1 amide bonds. The van der Waals surface area contributed by atoms with Gasteiger partial charge in [-0.1, -0.05) is 25.1 Å². The summed E-state index contributed by atoms with van der Waals surface area (Å²) in [6.45, 7) is 1.57. The van der Waals surface area contributed by atoms with E-state index in [1.165, 1.54) is 0 Å². The van der Waals surface area contributed by atoms with Crippen molar-refractivity contribution >= 4 is 5.91 Å². The van der Waals surface area contributed by atoms with Gasteiger partial charge in [0, 0.05) is 12.5 Å². The third-order valence-electron chi connectivity index (χ3n) is 5.08. The molecular weight excluding hydrogens is 380 g/mol. The van der Waals surface area contributed by atoms with Crippen LogP contribution in [0.3, 0.4) is 0 Å². The Labute approximate surface area is 169 Å². The standard InChI is InChI=1S/C22H25F2NO4/c1-14-10-17(21-18(27-2)8-5-9-19(21)28-3)25(22(14)26)12-15-6-4-7-16(11-15)29-13-20(23)24/h4-9,11,14,17,20H,10,12-13H2,1-3H3. The summed E-state index contributed by atoms with van der Waals surface area (Å²) in [4.78, 5) is 14.7. The number of carbonyl (C=O) groups is 1. The van der Waals surface area contributed by atoms with Gasteiger partial charge in [0.2, 0.25) is 5.91 Å². The normalized spacial score (nSPS) is 19.0. The van der Waals surface area contributed by atoms with Crippen LogP contribution in [0.4, 0.5) is 8.78 Å². The van der Waals surface area contributed by atoms with Crippen LogP contribution in [0.25, 0.3) is 0 Å². The van der Waals surface area contributed by atoms with Crippen LogP contribution in [0, 0.1) is 5.92 Å². The molecule has 156 valence electrons. The lowest BCUT2D eigenvalue weighted by atomic mass is 9.98. The Morgan fingerprint density at radius 3 is 2.38 bits per heavy atom. The topological polar surface area (TPSA) is 48.0 Å². The molecule has 0 bridgehead atoms. The number of benzene rings is 2. The quantitative estimate of drug-likeness (QED) is 0.651. The van der Waals surface area contributed by atoms with Crippen molar-refractivity contribution in [3.8, 4) is 17.2 Å². The highest BCUT2D eigenvalue weighted by atomic mass is 19.3. The van der Waals surface area contributed by atoms with Gasteiger partial charge in [-0.2, -0.15) is 0 Å². The second kappa shape index (κ2) is 9.11. The van der Waals surface area contributed by atoms with E-state index in [2.05, 4.69) is 0 Å². The van der Waals surface area contributed by atoms with Crippen molar-refractivity contribution in [1.29, 1.82) is 0 Å². The van der Waals surface area contributed by atoms with Gasteiger partial charge in [-0.25, -0.2) is 8.78 Å². The molecule has 1 saturated heterocycles. The molecule has 7 heteroatoms. The molecule has 0 saturated carbocycles. The number of carbonyl (C=O) groups excluding carboxylic acids is 1. The van der Waals surface area contributed by atoms with Crippen LogP contribution in [0.15, 0.2) is 42.5 Å². The summed E-state index contributed by atoms with van der Waals surface area (Å²) in [5.74, 6) is 1.56. The number of nitrogens with zero attached hydrogens (tertiary/aromatic N) is 1. The summed E-state index contributed by atoms with van der Waals surface area (Å²) in [6.07, 6.45) is -1.90. The average Bonchev–Trinajstić information content (AvgIpc) is 3.00. The maximum absolute atomic E-state index is 12.9. The van der Waals surface area contributed by atoms with E-state index in [1.54, 1.807) is 37.3 Å². The Balaban J connectivity index is 1.90. The van der Waals surface area contributed by atoms with Crippen molar-refractivity contribution in [1.82, 2.24) is 4.90 Å². The number of methoxy groups -OCH3 is 2. The van der Waals surface area contributed by atoms with Gasteiger partial charge in [-0.05, 0) is 36.2 Å². The largest absolute Gasteiger partial charge is 0.496 e. The van der Waals surface area contributed by atoms with E-state index in [1.807, 2.05) is 31.2 Å². The van der Waals surface area contributed by atoms with Crippen molar-refractivity contribution < 1.29 is 27.8 Å². The molecule has 2 aromatic rings. The Morgan fingerprint density at radius 2 is 1.76 bits per heavy atom. The minimum absolute atomic E-state index is 0.0295. The zero-order valence-corrected chi connectivity index (χ0v) is 16.7. The van der Waals surface area contributed by atoms with E-state index in [9.17, 15) is 13.6 Å². The van der Waals surface area contributed by atoms with Crippen molar-refractivity contribution in [2.45, 2.75) is 32.4 Å². The first-order chi connectivity index (χ1) is 13.9. The summed E-state index contributed by atoms with van der Waals surface area (Å²) >= 11 is 0. The maximum atomic E-state index is 12.9. The number of amides is 1. The fourth-order valence-electron chi connectivity index (χ4n) is 3.76. The number of ether oxygens (including phenoxy) is 3. The fourth-order valence-corrected chi connectivity index (χ4v) is 3.76. The second-order valence-electron chi connectivity index (χ2n) is 7.04. The predicted octanol–water partition coefficient (Wildman–Crippen LogP) is 4.46. The van der Waals surface area contributed by atoms with Crippen LogP contribution in [0.2, 0.25) is 0 Å². The van der Waals surface area contributed by atoms with Gasteiger partial charge in [0.1, 0.15) is 23.9 Å². The number of likely N-dealkylation sites (tertiary alicyclic amines) is 1. The molecule has 1 aliphatic heterocycles. The highest BCUT2D eigenvalue weighted by Gasteiger charge is 2.40. The molecule has 0 aliphatic carbocycles. The lowest BCUT2D eigenvalue weighted by molar-refractivity contribution is -0.132. The van der Waals surface area contributed by atoms with Crippen LogP contribution in [-0.4, -0.2) is 38.1 Å². The molecule has 5 nitrogen and oxygen atoms in total. The van der Waals surface area contributed by atoms with Crippen LogP contribution >= 0.6 is 0 Å². The van der Waals surface area contributed by atoms with E-state index in [-0.39, 0.29) is 17.9 Å². The molecule has 0 spiro atoms. The Hall–Kier alpha value is -2.83. The van der Waals surface area contributed by atoms with Gasteiger partial charge in [0.05, 0.1) is 25.8 Å². The summed E-state index contributed by atoms with van der Waals surface area (Å²) in [7, 11) is 3.18. The number of hydrogen-bond donors (Lipinski definition) is 0. The highest BCUT2D eigenvalue weighted by Crippen LogP contribution is 2.45. The number of alkyl halides is 2. The monoisotopic (exact) mass is 405 g/mol. The van der Waals surface area contributed by atoms with Crippen molar-refractivity contribution in [2.75, 3.05) is 20.8 Å². The molecule has 0 N–H and O–H groups in total. The van der Waals surface area contributed by atoms with Crippen LogP contribution < -0.4 is 14.2 Å². The minimum Gasteiger partial charge on any atom is -0.496 e. The summed E-state index contributed by atoms with van der Waals surface area (Å²) in [5, 5.41) is 0. The molecule has 2 atom stereocenters. The zero-order chi connectivity index (χ0) is 21.0. The second-order valence-corrected chi connectivity index (χ2v) is 7.04.